The van der Waals surface area contributed by atoms with E-state index in [0.29, 0.717) is 18.7 Å². The third kappa shape index (κ3) is 4.21. The normalized spacial score (nSPS) is 20.5. The van der Waals surface area contributed by atoms with Crippen molar-refractivity contribution in [2.45, 2.75) is 25.4 Å². The smallest absolute Gasteiger partial charge is 0.256 e. The Kier molecular flexibility index (Phi) is 5.94. The van der Waals surface area contributed by atoms with E-state index >= 15 is 0 Å². The zero-order valence-corrected chi connectivity index (χ0v) is 17.2. The third-order valence-electron chi connectivity index (χ3n) is 5.34. The second kappa shape index (κ2) is 8.59. The van der Waals surface area contributed by atoms with Crippen LogP contribution in [0.1, 0.15) is 28.1 Å². The number of amides is 2. The lowest BCUT2D eigenvalue weighted by Gasteiger charge is -2.41. The summed E-state index contributed by atoms with van der Waals surface area (Å²) in [6, 6.07) is 6.97. The van der Waals surface area contributed by atoms with Crippen LogP contribution in [0.25, 0.3) is 0 Å². The van der Waals surface area contributed by atoms with E-state index in [-0.39, 0.29) is 11.8 Å². The lowest BCUT2D eigenvalue weighted by molar-refractivity contribution is -0.137. The van der Waals surface area contributed by atoms with Gasteiger partial charge in [0.1, 0.15) is 6.04 Å². The monoisotopic (exact) mass is 418 g/mol. The van der Waals surface area contributed by atoms with Crippen molar-refractivity contribution in [3.05, 3.63) is 51.4 Å². The number of likely N-dealkylation sites (tertiary alicyclic amines) is 1. The van der Waals surface area contributed by atoms with E-state index in [4.69, 9.17) is 11.6 Å². The molecule has 2 aliphatic heterocycles. The van der Waals surface area contributed by atoms with Gasteiger partial charge in [-0.2, -0.15) is 0 Å². The topological polar surface area (TPSA) is 56.8 Å². The van der Waals surface area contributed by atoms with Crippen LogP contribution in [0.15, 0.2) is 36.7 Å². The molecule has 0 radical (unpaired) electrons. The molecule has 4 rings (SSSR count). The number of piperazine rings is 1. The molecule has 0 aliphatic carbocycles. The van der Waals surface area contributed by atoms with E-state index in [2.05, 4.69) is 9.88 Å². The maximum atomic E-state index is 13.2. The van der Waals surface area contributed by atoms with Gasteiger partial charge in [-0.15, -0.1) is 11.3 Å². The SMILES string of the molecule is O=C(C1CN(Cc2ccc(Cl)s2)CCN1C(=O)c1cccnc1)N1CCCC1. The standard InChI is InChI=1S/C20H23ClN4O2S/c21-18-6-5-16(28-18)13-23-10-11-25(19(26)15-4-3-7-22-12-15)17(14-23)20(27)24-8-1-2-9-24/h3-7,12,17H,1-2,8-11,13-14H2. The van der Waals surface area contributed by atoms with Crippen molar-refractivity contribution in [1.82, 2.24) is 19.7 Å². The Labute approximate surface area is 173 Å². The summed E-state index contributed by atoms with van der Waals surface area (Å²) in [6.45, 7) is 4.10. The molecular formula is C20H23ClN4O2S. The summed E-state index contributed by atoms with van der Waals surface area (Å²) in [7, 11) is 0. The van der Waals surface area contributed by atoms with E-state index in [0.717, 1.165) is 43.4 Å². The number of rotatable bonds is 4. The van der Waals surface area contributed by atoms with Gasteiger partial charge in [-0.25, -0.2) is 0 Å². The maximum absolute atomic E-state index is 13.2. The molecule has 4 heterocycles. The Morgan fingerprint density at radius 2 is 1.96 bits per heavy atom. The predicted octanol–water partition coefficient (Wildman–Crippen LogP) is 2.75. The summed E-state index contributed by atoms with van der Waals surface area (Å²) in [4.78, 5) is 37.4. The number of nitrogens with zero attached hydrogens (tertiary/aromatic N) is 4. The zero-order valence-electron chi connectivity index (χ0n) is 15.6. The first-order chi connectivity index (χ1) is 13.6. The minimum absolute atomic E-state index is 0.0589. The van der Waals surface area contributed by atoms with Crippen molar-refractivity contribution >= 4 is 34.8 Å². The third-order valence-corrected chi connectivity index (χ3v) is 6.56. The van der Waals surface area contributed by atoms with Crippen LogP contribution in [-0.2, 0) is 11.3 Å². The summed E-state index contributed by atoms with van der Waals surface area (Å²) in [5, 5.41) is 0. The highest BCUT2D eigenvalue weighted by Gasteiger charge is 2.38. The molecule has 148 valence electrons. The van der Waals surface area contributed by atoms with E-state index in [9.17, 15) is 9.59 Å². The molecule has 28 heavy (non-hydrogen) atoms. The van der Waals surface area contributed by atoms with Crippen LogP contribution in [0.4, 0.5) is 0 Å². The highest BCUT2D eigenvalue weighted by molar-refractivity contribution is 7.16. The summed E-state index contributed by atoms with van der Waals surface area (Å²) >= 11 is 7.62. The first-order valence-corrected chi connectivity index (χ1v) is 10.8. The second-order valence-corrected chi connectivity index (χ2v) is 9.03. The number of pyridine rings is 1. The van der Waals surface area contributed by atoms with Gasteiger partial charge >= 0.3 is 0 Å². The Morgan fingerprint density at radius 1 is 1.14 bits per heavy atom. The van der Waals surface area contributed by atoms with Gasteiger partial charge in [0.2, 0.25) is 5.91 Å². The van der Waals surface area contributed by atoms with Crippen LogP contribution in [0.2, 0.25) is 4.34 Å². The Bertz CT molecular complexity index is 838. The number of thiophene rings is 1. The number of hydrogen-bond donors (Lipinski definition) is 0. The van der Waals surface area contributed by atoms with E-state index in [1.165, 1.54) is 4.88 Å². The molecule has 0 bridgehead atoms. The molecule has 8 heteroatoms. The van der Waals surface area contributed by atoms with Crippen molar-refractivity contribution < 1.29 is 9.59 Å². The summed E-state index contributed by atoms with van der Waals surface area (Å²) in [5.41, 5.74) is 0.528. The molecule has 2 aromatic heterocycles. The Balaban J connectivity index is 1.53. The molecule has 2 fully saturated rings. The number of halogens is 1. The first-order valence-electron chi connectivity index (χ1n) is 9.58. The van der Waals surface area contributed by atoms with Crippen molar-refractivity contribution in [2.24, 2.45) is 0 Å². The number of carbonyl (C=O) groups is 2. The average Bonchev–Trinajstić information content (AvgIpc) is 3.39. The molecule has 0 N–H and O–H groups in total. The van der Waals surface area contributed by atoms with Gasteiger partial charge in [0.25, 0.3) is 5.91 Å². The van der Waals surface area contributed by atoms with Crippen molar-refractivity contribution in [3.8, 4) is 0 Å². The fourth-order valence-corrected chi connectivity index (χ4v) is 5.03. The van der Waals surface area contributed by atoms with Crippen molar-refractivity contribution in [3.63, 3.8) is 0 Å². The van der Waals surface area contributed by atoms with E-state index < -0.39 is 6.04 Å². The van der Waals surface area contributed by atoms with Crippen LogP contribution >= 0.6 is 22.9 Å². The molecule has 2 saturated heterocycles. The molecule has 2 aromatic rings. The molecule has 6 nitrogen and oxygen atoms in total. The minimum atomic E-state index is -0.463. The van der Waals surface area contributed by atoms with Crippen LogP contribution in [0.3, 0.4) is 0 Å². The number of hydrogen-bond acceptors (Lipinski definition) is 5. The van der Waals surface area contributed by atoms with Gasteiger partial charge in [-0.05, 0) is 37.1 Å². The fourth-order valence-electron chi connectivity index (χ4n) is 3.90. The van der Waals surface area contributed by atoms with Crippen molar-refractivity contribution in [2.75, 3.05) is 32.7 Å². The highest BCUT2D eigenvalue weighted by Crippen LogP contribution is 2.25. The number of carbonyl (C=O) groups excluding carboxylic acids is 2. The lowest BCUT2D eigenvalue weighted by atomic mass is 10.1. The Hall–Kier alpha value is -1.96. The van der Waals surface area contributed by atoms with Gasteiger partial charge in [0, 0.05) is 56.5 Å². The average molecular weight is 419 g/mol. The van der Waals surface area contributed by atoms with Gasteiger partial charge in [-0.1, -0.05) is 11.6 Å². The molecule has 2 aliphatic rings. The largest absolute Gasteiger partial charge is 0.341 e. The first kappa shape index (κ1) is 19.4. The number of aromatic nitrogens is 1. The molecule has 1 atom stereocenters. The van der Waals surface area contributed by atoms with Gasteiger partial charge < -0.3 is 9.80 Å². The van der Waals surface area contributed by atoms with E-state index in [1.807, 2.05) is 17.0 Å². The molecule has 0 aromatic carbocycles. The molecule has 0 saturated carbocycles. The van der Waals surface area contributed by atoms with Crippen LogP contribution in [0.5, 0.6) is 0 Å². The lowest BCUT2D eigenvalue weighted by Crippen LogP contribution is -2.60. The fraction of sp³-hybridized carbons (Fsp3) is 0.450. The predicted molar refractivity (Wildman–Crippen MR) is 109 cm³/mol. The van der Waals surface area contributed by atoms with Crippen LogP contribution in [-0.4, -0.2) is 70.3 Å². The molecule has 2 amide bonds. The molecular weight excluding hydrogens is 396 g/mol. The zero-order chi connectivity index (χ0) is 19.5. The summed E-state index contributed by atoms with van der Waals surface area (Å²) in [5.74, 6) is -0.0619. The second-order valence-electron chi connectivity index (χ2n) is 7.23. The van der Waals surface area contributed by atoms with Crippen LogP contribution in [0, 0.1) is 0 Å². The van der Waals surface area contributed by atoms with Crippen molar-refractivity contribution in [1.29, 1.82) is 0 Å². The van der Waals surface area contributed by atoms with Gasteiger partial charge in [0.05, 0.1) is 9.90 Å². The van der Waals surface area contributed by atoms with Crippen LogP contribution < -0.4 is 0 Å². The highest BCUT2D eigenvalue weighted by atomic mass is 35.5. The van der Waals surface area contributed by atoms with Gasteiger partial charge in [0.15, 0.2) is 0 Å². The summed E-state index contributed by atoms with van der Waals surface area (Å²) in [6.07, 6.45) is 5.28. The maximum Gasteiger partial charge on any atom is 0.256 e. The molecule has 0 spiro atoms. The van der Waals surface area contributed by atoms with Gasteiger partial charge in [-0.3, -0.25) is 19.5 Å². The Morgan fingerprint density at radius 3 is 2.64 bits per heavy atom. The van der Waals surface area contributed by atoms with E-state index in [1.54, 1.807) is 40.8 Å². The summed E-state index contributed by atoms with van der Waals surface area (Å²) < 4.78 is 0.769. The quantitative estimate of drug-likeness (QED) is 0.766. The minimum Gasteiger partial charge on any atom is -0.341 e. The molecule has 1 unspecified atom stereocenters.